The Morgan fingerprint density at radius 1 is 0.914 bits per heavy atom. The van der Waals surface area contributed by atoms with Crippen LogP contribution in [0.5, 0.6) is 5.75 Å². The summed E-state index contributed by atoms with van der Waals surface area (Å²) in [6.45, 7) is 1.36. The molecule has 1 heterocycles. The third-order valence-electron chi connectivity index (χ3n) is 5.12. The van der Waals surface area contributed by atoms with Gasteiger partial charge >= 0.3 is 5.63 Å². The Morgan fingerprint density at radius 2 is 1.66 bits per heavy atom. The minimum atomic E-state index is -0.820. The Bertz CT molecular complexity index is 1510. The number of para-hydroxylation sites is 1. The molecule has 1 aromatic heterocycles. The van der Waals surface area contributed by atoms with Gasteiger partial charge < -0.3 is 9.15 Å². The number of carbonyl (C=O) groups is 3. The summed E-state index contributed by atoms with van der Waals surface area (Å²) in [4.78, 5) is 49.3. The van der Waals surface area contributed by atoms with E-state index in [0.29, 0.717) is 37.9 Å². The van der Waals surface area contributed by atoms with Crippen LogP contribution in [0.3, 0.4) is 0 Å². The van der Waals surface area contributed by atoms with E-state index in [1.807, 2.05) is 6.07 Å². The molecular formula is C26H19BrN2O6. The molecule has 2 N–H and O–H groups in total. The van der Waals surface area contributed by atoms with Crippen LogP contribution in [0.25, 0.3) is 11.0 Å². The molecule has 0 atom stereocenters. The average molecular weight is 535 g/mol. The second-order valence-electron chi connectivity index (χ2n) is 7.57. The van der Waals surface area contributed by atoms with E-state index in [1.54, 1.807) is 67.6 Å². The van der Waals surface area contributed by atoms with Gasteiger partial charge in [-0.15, -0.1) is 0 Å². The number of halogens is 1. The van der Waals surface area contributed by atoms with Crippen LogP contribution in [-0.4, -0.2) is 24.2 Å². The fraction of sp³-hybridized carbons (Fsp3) is 0.0769. The number of hydrogen-bond acceptors (Lipinski definition) is 6. The van der Waals surface area contributed by atoms with Crippen molar-refractivity contribution in [1.29, 1.82) is 0 Å². The third kappa shape index (κ3) is 5.47. The summed E-state index contributed by atoms with van der Waals surface area (Å²) in [6, 6.07) is 20.2. The van der Waals surface area contributed by atoms with Gasteiger partial charge in [0.05, 0.1) is 0 Å². The van der Waals surface area contributed by atoms with Gasteiger partial charge in [0.15, 0.2) is 12.4 Å². The lowest BCUT2D eigenvalue weighted by atomic mass is 10.0. The highest BCUT2D eigenvalue weighted by molar-refractivity contribution is 9.10. The van der Waals surface area contributed by atoms with Gasteiger partial charge in [0.1, 0.15) is 16.9 Å². The molecule has 0 aliphatic heterocycles. The zero-order valence-corrected chi connectivity index (χ0v) is 20.0. The smallest absolute Gasteiger partial charge is 0.349 e. The van der Waals surface area contributed by atoms with Gasteiger partial charge in [0.25, 0.3) is 11.8 Å². The molecule has 0 aliphatic carbocycles. The molecule has 35 heavy (non-hydrogen) atoms. The van der Waals surface area contributed by atoms with Crippen molar-refractivity contribution in [3.05, 3.63) is 110 Å². The molecule has 0 fully saturated rings. The van der Waals surface area contributed by atoms with Crippen LogP contribution < -0.4 is 21.2 Å². The second-order valence-corrected chi connectivity index (χ2v) is 8.42. The van der Waals surface area contributed by atoms with Crippen LogP contribution in [0.4, 0.5) is 0 Å². The lowest BCUT2D eigenvalue weighted by Gasteiger charge is -2.11. The Labute approximate surface area is 208 Å². The lowest BCUT2D eigenvalue weighted by Crippen LogP contribution is -2.45. The number of ether oxygens (including phenoxy) is 1. The number of amides is 2. The van der Waals surface area contributed by atoms with Crippen molar-refractivity contribution in [2.24, 2.45) is 0 Å². The van der Waals surface area contributed by atoms with Crippen molar-refractivity contribution in [3.8, 4) is 5.75 Å². The number of hydrogen-bond donors (Lipinski definition) is 2. The first-order valence-electron chi connectivity index (χ1n) is 10.5. The molecule has 0 unspecified atom stereocenters. The molecule has 0 saturated carbocycles. The van der Waals surface area contributed by atoms with E-state index in [9.17, 15) is 19.2 Å². The summed E-state index contributed by atoms with van der Waals surface area (Å²) < 4.78 is 11.3. The van der Waals surface area contributed by atoms with Crippen LogP contribution in [0.2, 0.25) is 0 Å². The van der Waals surface area contributed by atoms with E-state index in [2.05, 4.69) is 26.8 Å². The molecule has 4 aromatic rings. The summed E-state index contributed by atoms with van der Waals surface area (Å²) in [5, 5.41) is 0.573. The summed E-state index contributed by atoms with van der Waals surface area (Å²) in [7, 11) is 0. The molecule has 176 valence electrons. The maximum Gasteiger partial charge on any atom is 0.349 e. The predicted octanol–water partition coefficient (Wildman–Crippen LogP) is 3.93. The molecule has 0 bridgehead atoms. The molecule has 4 rings (SSSR count). The Morgan fingerprint density at radius 3 is 2.43 bits per heavy atom. The van der Waals surface area contributed by atoms with E-state index in [-0.39, 0.29) is 11.3 Å². The van der Waals surface area contributed by atoms with Crippen LogP contribution in [0, 0.1) is 6.92 Å². The zero-order chi connectivity index (χ0) is 24.9. The number of hydrazine groups is 1. The van der Waals surface area contributed by atoms with Crippen molar-refractivity contribution in [1.82, 2.24) is 10.9 Å². The molecule has 2 amide bonds. The molecule has 3 aromatic carbocycles. The number of ketones is 1. The molecular weight excluding hydrogens is 516 g/mol. The molecule has 0 radical (unpaired) electrons. The highest BCUT2D eigenvalue weighted by Crippen LogP contribution is 2.24. The molecule has 8 nitrogen and oxygen atoms in total. The van der Waals surface area contributed by atoms with Gasteiger partial charge in [-0.1, -0.05) is 46.3 Å². The number of benzene rings is 3. The molecule has 0 spiro atoms. The van der Waals surface area contributed by atoms with E-state index in [0.717, 1.165) is 0 Å². The van der Waals surface area contributed by atoms with Gasteiger partial charge in [-0.2, -0.15) is 0 Å². The molecule has 0 aliphatic rings. The minimum absolute atomic E-state index is 0.147. The van der Waals surface area contributed by atoms with Gasteiger partial charge in [0, 0.05) is 21.0 Å². The summed E-state index contributed by atoms with van der Waals surface area (Å²) in [5.41, 5.74) is 5.34. The topological polar surface area (TPSA) is 115 Å². The minimum Gasteiger partial charge on any atom is -0.483 e. The third-order valence-corrected chi connectivity index (χ3v) is 5.81. The van der Waals surface area contributed by atoms with Crippen LogP contribution in [0.1, 0.15) is 31.8 Å². The average Bonchev–Trinajstić information content (AvgIpc) is 2.86. The first-order valence-corrected chi connectivity index (χ1v) is 11.3. The van der Waals surface area contributed by atoms with Crippen molar-refractivity contribution in [2.75, 3.05) is 6.61 Å². The maximum atomic E-state index is 12.8. The van der Waals surface area contributed by atoms with Gasteiger partial charge in [-0.3, -0.25) is 25.2 Å². The SMILES string of the molecule is Cc1cc(C(=O)c2ccccc2Br)ccc1OCC(=O)NNC(=O)c1cc2ccccc2oc1=O. The molecule has 9 heteroatoms. The summed E-state index contributed by atoms with van der Waals surface area (Å²) in [6.07, 6.45) is 0. The number of nitrogens with one attached hydrogen (secondary N) is 2. The van der Waals surface area contributed by atoms with Gasteiger partial charge in [0.2, 0.25) is 0 Å². The fourth-order valence-electron chi connectivity index (χ4n) is 3.35. The van der Waals surface area contributed by atoms with E-state index >= 15 is 0 Å². The highest BCUT2D eigenvalue weighted by atomic mass is 79.9. The lowest BCUT2D eigenvalue weighted by molar-refractivity contribution is -0.123. The predicted molar refractivity (Wildman–Crippen MR) is 132 cm³/mol. The largest absolute Gasteiger partial charge is 0.483 e. The first kappa shape index (κ1) is 23.9. The quantitative estimate of drug-likeness (QED) is 0.220. The standard InChI is InChI=1S/C26H19BrN2O6/c1-15-12-17(24(31)18-7-3-4-8-20(18)27)10-11-21(15)34-14-23(30)28-29-25(32)19-13-16-6-2-5-9-22(16)35-26(19)33/h2-13H,14H2,1H3,(H,28,30)(H,29,32). The van der Waals surface area contributed by atoms with Gasteiger partial charge in [-0.05, 0) is 55.0 Å². The zero-order valence-electron chi connectivity index (χ0n) is 18.5. The van der Waals surface area contributed by atoms with Gasteiger partial charge in [-0.25, -0.2) is 4.79 Å². The highest BCUT2D eigenvalue weighted by Gasteiger charge is 2.16. The number of fused-ring (bicyclic) bond motifs is 1. The summed E-state index contributed by atoms with van der Waals surface area (Å²) in [5.74, 6) is -1.20. The van der Waals surface area contributed by atoms with Crippen molar-refractivity contribution < 1.29 is 23.5 Å². The van der Waals surface area contributed by atoms with Crippen molar-refractivity contribution in [3.63, 3.8) is 0 Å². The van der Waals surface area contributed by atoms with Crippen LogP contribution in [0.15, 0.2) is 86.5 Å². The number of rotatable bonds is 6. The van der Waals surface area contributed by atoms with Crippen molar-refractivity contribution in [2.45, 2.75) is 6.92 Å². The van der Waals surface area contributed by atoms with E-state index < -0.39 is 24.0 Å². The normalized spacial score (nSPS) is 10.6. The Hall–Kier alpha value is -4.24. The van der Waals surface area contributed by atoms with Crippen LogP contribution in [-0.2, 0) is 4.79 Å². The number of aryl methyl sites for hydroxylation is 1. The van der Waals surface area contributed by atoms with E-state index in [1.165, 1.54) is 6.07 Å². The monoisotopic (exact) mass is 534 g/mol. The maximum absolute atomic E-state index is 12.8. The van der Waals surface area contributed by atoms with Crippen molar-refractivity contribution >= 4 is 44.5 Å². The van der Waals surface area contributed by atoms with E-state index in [4.69, 9.17) is 9.15 Å². The first-order chi connectivity index (χ1) is 16.8. The second kappa shape index (κ2) is 10.4. The summed E-state index contributed by atoms with van der Waals surface area (Å²) >= 11 is 3.38. The Balaban J connectivity index is 1.34. The fourth-order valence-corrected chi connectivity index (χ4v) is 3.81. The molecule has 0 saturated heterocycles. The number of carbonyl (C=O) groups excluding carboxylic acids is 3. The van der Waals surface area contributed by atoms with Crippen LogP contribution >= 0.6 is 15.9 Å². The Kier molecular flexibility index (Phi) is 7.07.